The van der Waals surface area contributed by atoms with Crippen molar-refractivity contribution in [3.8, 4) is 5.75 Å². The van der Waals surface area contributed by atoms with Crippen molar-refractivity contribution in [1.82, 2.24) is 4.31 Å². The Morgan fingerprint density at radius 1 is 1.48 bits per heavy atom. The number of nitrogens with two attached hydrogens (primary N) is 1. The molecule has 0 aliphatic carbocycles. The lowest BCUT2D eigenvalue weighted by atomic mass is 10.1. The van der Waals surface area contributed by atoms with Crippen LogP contribution < -0.4 is 10.5 Å². The van der Waals surface area contributed by atoms with E-state index in [1.807, 2.05) is 0 Å². The molecule has 2 rings (SSSR count). The lowest BCUT2D eigenvalue weighted by molar-refractivity contribution is -0.385. The lowest BCUT2D eigenvalue weighted by Crippen LogP contribution is -2.45. The van der Waals surface area contributed by atoms with E-state index in [0.717, 1.165) is 12.5 Å². The van der Waals surface area contributed by atoms with Crippen LogP contribution in [0.5, 0.6) is 5.75 Å². The van der Waals surface area contributed by atoms with E-state index in [-0.39, 0.29) is 28.9 Å². The quantitative estimate of drug-likeness (QED) is 0.646. The third-order valence-electron chi connectivity index (χ3n) is 3.41. The molecule has 0 radical (unpaired) electrons. The van der Waals surface area contributed by atoms with Crippen LogP contribution in [-0.2, 0) is 10.0 Å². The van der Waals surface area contributed by atoms with E-state index in [0.29, 0.717) is 13.0 Å². The molecule has 0 bridgehead atoms. The molecule has 9 heteroatoms. The van der Waals surface area contributed by atoms with Gasteiger partial charge in [0.15, 0.2) is 5.75 Å². The van der Waals surface area contributed by atoms with Crippen molar-refractivity contribution in [3.05, 3.63) is 28.3 Å². The van der Waals surface area contributed by atoms with Crippen LogP contribution in [0.2, 0.25) is 0 Å². The van der Waals surface area contributed by atoms with E-state index in [1.165, 1.54) is 23.5 Å². The largest absolute Gasteiger partial charge is 0.490 e. The van der Waals surface area contributed by atoms with Crippen molar-refractivity contribution >= 4 is 15.7 Å². The molecule has 116 valence electrons. The Kier molecular flexibility index (Phi) is 4.45. The fourth-order valence-electron chi connectivity index (χ4n) is 2.31. The fourth-order valence-corrected chi connectivity index (χ4v) is 3.86. The summed E-state index contributed by atoms with van der Waals surface area (Å²) in [5.41, 5.74) is 5.53. The minimum absolute atomic E-state index is 0.0287. The van der Waals surface area contributed by atoms with Crippen molar-refractivity contribution in [2.24, 2.45) is 5.73 Å². The maximum atomic E-state index is 12.5. The van der Waals surface area contributed by atoms with Crippen LogP contribution in [0.25, 0.3) is 0 Å². The Labute approximate surface area is 122 Å². The Morgan fingerprint density at radius 2 is 2.19 bits per heavy atom. The second kappa shape index (κ2) is 5.96. The maximum Gasteiger partial charge on any atom is 0.310 e. The number of benzene rings is 1. The third kappa shape index (κ3) is 3.14. The number of hydrogen-bond acceptors (Lipinski definition) is 6. The standard InChI is InChI=1S/C12H17N3O5S/c1-20-12-7-10(4-5-11(12)15(16)17)21(18,19)14-6-2-3-9(13)8-14/h4-5,7,9H,2-3,6,8,13H2,1H3. The summed E-state index contributed by atoms with van der Waals surface area (Å²) >= 11 is 0. The zero-order valence-electron chi connectivity index (χ0n) is 11.6. The van der Waals surface area contributed by atoms with E-state index in [1.54, 1.807) is 0 Å². The summed E-state index contributed by atoms with van der Waals surface area (Å²) in [6.07, 6.45) is 1.49. The minimum atomic E-state index is -3.72. The molecule has 1 aromatic rings. The second-order valence-corrected chi connectivity index (χ2v) is 6.79. The zero-order valence-corrected chi connectivity index (χ0v) is 12.4. The molecular weight excluding hydrogens is 298 g/mol. The molecule has 0 saturated carbocycles. The molecule has 0 aromatic heterocycles. The predicted molar refractivity (Wildman–Crippen MR) is 75.6 cm³/mol. The average molecular weight is 315 g/mol. The molecule has 1 aromatic carbocycles. The molecule has 1 fully saturated rings. The predicted octanol–water partition coefficient (Wildman–Crippen LogP) is 0.715. The van der Waals surface area contributed by atoms with Gasteiger partial charge in [0.2, 0.25) is 10.0 Å². The highest BCUT2D eigenvalue weighted by Gasteiger charge is 2.30. The van der Waals surface area contributed by atoms with Crippen LogP contribution in [0.4, 0.5) is 5.69 Å². The van der Waals surface area contributed by atoms with E-state index < -0.39 is 14.9 Å². The number of nitro benzene ring substituents is 1. The summed E-state index contributed by atoms with van der Waals surface area (Å²) in [6.45, 7) is 0.650. The number of piperidine rings is 1. The smallest absolute Gasteiger partial charge is 0.310 e. The van der Waals surface area contributed by atoms with Crippen LogP contribution in [-0.4, -0.2) is 43.9 Å². The zero-order chi connectivity index (χ0) is 15.6. The van der Waals surface area contributed by atoms with Crippen LogP contribution >= 0.6 is 0 Å². The van der Waals surface area contributed by atoms with Gasteiger partial charge in [-0.3, -0.25) is 10.1 Å². The van der Waals surface area contributed by atoms with E-state index in [9.17, 15) is 18.5 Å². The number of nitrogens with zero attached hydrogens (tertiary/aromatic N) is 2. The van der Waals surface area contributed by atoms with Gasteiger partial charge in [0.05, 0.1) is 16.9 Å². The molecule has 1 aliphatic rings. The van der Waals surface area contributed by atoms with Gasteiger partial charge in [-0.1, -0.05) is 0 Å². The first kappa shape index (κ1) is 15.7. The van der Waals surface area contributed by atoms with Crippen LogP contribution in [0.3, 0.4) is 0 Å². The molecule has 1 heterocycles. The molecule has 8 nitrogen and oxygen atoms in total. The first-order chi connectivity index (χ1) is 9.86. The lowest BCUT2D eigenvalue weighted by Gasteiger charge is -2.29. The Morgan fingerprint density at radius 3 is 2.76 bits per heavy atom. The van der Waals surface area contributed by atoms with Gasteiger partial charge in [-0.2, -0.15) is 4.31 Å². The van der Waals surface area contributed by atoms with Gasteiger partial charge < -0.3 is 10.5 Å². The SMILES string of the molecule is COc1cc(S(=O)(=O)N2CCCC(N)C2)ccc1[N+](=O)[O-]. The van der Waals surface area contributed by atoms with Gasteiger partial charge in [0.1, 0.15) is 0 Å². The van der Waals surface area contributed by atoms with Crippen LogP contribution in [0.15, 0.2) is 23.1 Å². The van der Waals surface area contributed by atoms with Crippen LogP contribution in [0, 0.1) is 10.1 Å². The first-order valence-corrected chi connectivity index (χ1v) is 7.88. The number of rotatable bonds is 4. The number of methoxy groups -OCH3 is 1. The van der Waals surface area contributed by atoms with Crippen molar-refractivity contribution in [2.45, 2.75) is 23.8 Å². The number of nitro groups is 1. The summed E-state index contributed by atoms with van der Waals surface area (Å²) in [7, 11) is -2.46. The normalized spacial score (nSPS) is 20.2. The van der Waals surface area contributed by atoms with Gasteiger partial charge in [-0.05, 0) is 18.9 Å². The number of hydrogen-bond donors (Lipinski definition) is 1. The van der Waals surface area contributed by atoms with Crippen molar-refractivity contribution in [2.75, 3.05) is 20.2 Å². The topological polar surface area (TPSA) is 116 Å². The van der Waals surface area contributed by atoms with Gasteiger partial charge >= 0.3 is 5.69 Å². The molecular formula is C12H17N3O5S. The Bertz CT molecular complexity index is 646. The molecule has 1 aliphatic heterocycles. The second-order valence-electron chi connectivity index (χ2n) is 4.86. The third-order valence-corrected chi connectivity index (χ3v) is 5.27. The number of ether oxygens (including phenoxy) is 1. The van der Waals surface area contributed by atoms with E-state index >= 15 is 0 Å². The monoisotopic (exact) mass is 315 g/mol. The molecule has 0 spiro atoms. The molecule has 1 saturated heterocycles. The molecule has 21 heavy (non-hydrogen) atoms. The summed E-state index contributed by atoms with van der Waals surface area (Å²) in [4.78, 5) is 10.2. The summed E-state index contributed by atoms with van der Waals surface area (Å²) in [5, 5.41) is 10.8. The fraction of sp³-hybridized carbons (Fsp3) is 0.500. The molecule has 2 N–H and O–H groups in total. The van der Waals surface area contributed by atoms with Gasteiger partial charge in [-0.15, -0.1) is 0 Å². The van der Waals surface area contributed by atoms with E-state index in [2.05, 4.69) is 0 Å². The van der Waals surface area contributed by atoms with Crippen molar-refractivity contribution in [1.29, 1.82) is 0 Å². The Hall–Kier alpha value is -1.71. The van der Waals surface area contributed by atoms with Gasteiger partial charge in [0, 0.05) is 31.3 Å². The highest BCUT2D eigenvalue weighted by molar-refractivity contribution is 7.89. The van der Waals surface area contributed by atoms with Crippen LogP contribution in [0.1, 0.15) is 12.8 Å². The highest BCUT2D eigenvalue weighted by atomic mass is 32.2. The molecule has 1 atom stereocenters. The summed E-state index contributed by atoms with van der Waals surface area (Å²) in [6, 6.07) is 3.34. The van der Waals surface area contributed by atoms with Gasteiger partial charge in [-0.25, -0.2) is 8.42 Å². The average Bonchev–Trinajstić information content (AvgIpc) is 2.46. The molecule has 1 unspecified atom stereocenters. The summed E-state index contributed by atoms with van der Waals surface area (Å²) < 4.78 is 31.3. The minimum Gasteiger partial charge on any atom is -0.490 e. The number of sulfonamides is 1. The van der Waals surface area contributed by atoms with Gasteiger partial charge in [0.25, 0.3) is 0 Å². The van der Waals surface area contributed by atoms with Crippen molar-refractivity contribution < 1.29 is 18.1 Å². The first-order valence-electron chi connectivity index (χ1n) is 6.44. The maximum absolute atomic E-state index is 12.5. The molecule has 0 amide bonds. The highest BCUT2D eigenvalue weighted by Crippen LogP contribution is 2.31. The van der Waals surface area contributed by atoms with E-state index in [4.69, 9.17) is 10.5 Å². The summed E-state index contributed by atoms with van der Waals surface area (Å²) in [5.74, 6) is -0.0811. The Balaban J connectivity index is 2.38. The van der Waals surface area contributed by atoms with Crippen molar-refractivity contribution in [3.63, 3.8) is 0 Å².